The average Bonchev–Trinajstić information content (AvgIpc) is 2.45. The summed E-state index contributed by atoms with van der Waals surface area (Å²) in [6, 6.07) is 10.7. The Morgan fingerprint density at radius 3 is 2.85 bits per heavy atom. The van der Waals surface area contributed by atoms with Crippen LogP contribution in [0.1, 0.15) is 19.5 Å². The highest BCUT2D eigenvalue weighted by molar-refractivity contribution is 5.80. The summed E-state index contributed by atoms with van der Waals surface area (Å²) in [5, 5.41) is 10.9. The molecule has 67 valence electrons. The Balaban J connectivity index is 2.63. The summed E-state index contributed by atoms with van der Waals surface area (Å²) in [4.78, 5) is 3.15. The van der Waals surface area contributed by atoms with E-state index in [0.717, 1.165) is 16.6 Å². The van der Waals surface area contributed by atoms with Gasteiger partial charge in [-0.1, -0.05) is 12.1 Å². The summed E-state index contributed by atoms with van der Waals surface area (Å²) in [5.74, 6) is 0. The van der Waals surface area contributed by atoms with E-state index in [4.69, 9.17) is 0 Å². The molecule has 2 rings (SSSR count). The minimum absolute atomic E-state index is 0.807. The van der Waals surface area contributed by atoms with E-state index in [1.54, 1.807) is 13.8 Å². The minimum Gasteiger partial charge on any atom is -0.384 e. The summed E-state index contributed by atoms with van der Waals surface area (Å²) in [6.07, 6.45) is 0. The van der Waals surface area contributed by atoms with Gasteiger partial charge in [-0.2, -0.15) is 0 Å². The second kappa shape index (κ2) is 2.60. The van der Waals surface area contributed by atoms with Crippen molar-refractivity contribution in [1.29, 1.82) is 0 Å². The van der Waals surface area contributed by atoms with E-state index in [1.165, 1.54) is 0 Å². The number of H-pyrrole nitrogens is 1. The quantitative estimate of drug-likeness (QED) is 0.683. The molecule has 0 aliphatic rings. The SMILES string of the molecule is CC(C)(O)c1cc2cc[c]cc2[nH]1. The lowest BCUT2D eigenvalue weighted by Crippen LogP contribution is -2.15. The van der Waals surface area contributed by atoms with E-state index in [2.05, 4.69) is 11.1 Å². The van der Waals surface area contributed by atoms with Crippen molar-refractivity contribution >= 4 is 10.9 Å². The highest BCUT2D eigenvalue weighted by Crippen LogP contribution is 2.23. The second-order valence-electron chi connectivity index (χ2n) is 3.76. The van der Waals surface area contributed by atoms with Crippen LogP contribution < -0.4 is 0 Å². The first-order valence-corrected chi connectivity index (χ1v) is 4.29. The Bertz CT molecular complexity index is 390. The zero-order valence-electron chi connectivity index (χ0n) is 7.76. The van der Waals surface area contributed by atoms with Crippen LogP contribution in [0, 0.1) is 6.07 Å². The molecule has 0 fully saturated rings. The number of fused-ring (bicyclic) bond motifs is 1. The Hall–Kier alpha value is -1.28. The lowest BCUT2D eigenvalue weighted by molar-refractivity contribution is 0.0747. The van der Waals surface area contributed by atoms with Crippen LogP contribution in [0.5, 0.6) is 0 Å². The molecule has 0 saturated carbocycles. The van der Waals surface area contributed by atoms with Crippen molar-refractivity contribution in [2.24, 2.45) is 0 Å². The molecular formula is C11H12NO. The lowest BCUT2D eigenvalue weighted by Gasteiger charge is -2.14. The van der Waals surface area contributed by atoms with Crippen LogP contribution in [-0.4, -0.2) is 10.1 Å². The number of nitrogens with one attached hydrogen (secondary N) is 1. The molecule has 0 aliphatic heterocycles. The monoisotopic (exact) mass is 174 g/mol. The van der Waals surface area contributed by atoms with Gasteiger partial charge in [-0.15, -0.1) is 0 Å². The first kappa shape index (κ1) is 8.32. The molecule has 2 nitrogen and oxygen atoms in total. The van der Waals surface area contributed by atoms with E-state index in [9.17, 15) is 5.11 Å². The Kier molecular flexibility index (Phi) is 1.67. The molecule has 0 unspecified atom stereocenters. The van der Waals surface area contributed by atoms with E-state index < -0.39 is 5.60 Å². The summed E-state index contributed by atoms with van der Waals surface area (Å²) in [6.45, 7) is 3.53. The Morgan fingerprint density at radius 2 is 2.23 bits per heavy atom. The molecule has 2 N–H and O–H groups in total. The van der Waals surface area contributed by atoms with Crippen molar-refractivity contribution in [3.05, 3.63) is 36.0 Å². The number of benzene rings is 1. The molecule has 0 bridgehead atoms. The van der Waals surface area contributed by atoms with Gasteiger partial charge in [0.15, 0.2) is 0 Å². The van der Waals surface area contributed by atoms with Crippen molar-refractivity contribution in [3.63, 3.8) is 0 Å². The maximum Gasteiger partial charge on any atom is 0.0987 e. The van der Waals surface area contributed by atoms with E-state index in [-0.39, 0.29) is 0 Å². The van der Waals surface area contributed by atoms with Crippen LogP contribution >= 0.6 is 0 Å². The summed E-state index contributed by atoms with van der Waals surface area (Å²) in [7, 11) is 0. The van der Waals surface area contributed by atoms with Crippen molar-refractivity contribution in [3.8, 4) is 0 Å². The standard InChI is InChI=1S/C11H12NO/c1-11(2,13)10-7-8-5-3-4-6-9(8)12-10/h3,5-7,12-13H,1-2H3. The van der Waals surface area contributed by atoms with E-state index in [1.807, 2.05) is 24.3 Å². The van der Waals surface area contributed by atoms with Crippen molar-refractivity contribution in [2.45, 2.75) is 19.4 Å². The van der Waals surface area contributed by atoms with Crippen LogP contribution in [0.15, 0.2) is 24.3 Å². The van der Waals surface area contributed by atoms with Gasteiger partial charge < -0.3 is 10.1 Å². The first-order chi connectivity index (χ1) is 6.07. The number of aromatic nitrogens is 1. The molecule has 13 heavy (non-hydrogen) atoms. The number of hydrogen-bond donors (Lipinski definition) is 2. The van der Waals surface area contributed by atoms with Crippen molar-refractivity contribution in [1.82, 2.24) is 4.98 Å². The Morgan fingerprint density at radius 1 is 1.46 bits per heavy atom. The van der Waals surface area contributed by atoms with Gasteiger partial charge in [0.25, 0.3) is 0 Å². The zero-order chi connectivity index (χ0) is 9.47. The van der Waals surface area contributed by atoms with Gasteiger partial charge in [-0.05, 0) is 37.4 Å². The van der Waals surface area contributed by atoms with Crippen molar-refractivity contribution < 1.29 is 5.11 Å². The van der Waals surface area contributed by atoms with Crippen LogP contribution in [0.25, 0.3) is 10.9 Å². The van der Waals surface area contributed by atoms with Gasteiger partial charge in [0.2, 0.25) is 0 Å². The molecule has 0 amide bonds. The lowest BCUT2D eigenvalue weighted by atomic mass is 10.1. The van der Waals surface area contributed by atoms with Gasteiger partial charge in [-0.25, -0.2) is 0 Å². The van der Waals surface area contributed by atoms with Gasteiger partial charge in [0.05, 0.1) is 5.60 Å². The Labute approximate surface area is 77.2 Å². The normalized spacial score (nSPS) is 12.2. The topological polar surface area (TPSA) is 36.0 Å². The minimum atomic E-state index is -0.807. The van der Waals surface area contributed by atoms with E-state index in [0.29, 0.717) is 0 Å². The first-order valence-electron chi connectivity index (χ1n) is 4.29. The molecule has 1 heterocycles. The van der Waals surface area contributed by atoms with Crippen LogP contribution in [0.3, 0.4) is 0 Å². The third kappa shape index (κ3) is 1.45. The van der Waals surface area contributed by atoms with Crippen LogP contribution in [0.2, 0.25) is 0 Å². The highest BCUT2D eigenvalue weighted by atomic mass is 16.3. The summed E-state index contributed by atoms with van der Waals surface area (Å²) < 4.78 is 0. The molecule has 0 saturated heterocycles. The maximum absolute atomic E-state index is 9.75. The van der Waals surface area contributed by atoms with Gasteiger partial charge in [0.1, 0.15) is 0 Å². The summed E-state index contributed by atoms with van der Waals surface area (Å²) >= 11 is 0. The van der Waals surface area contributed by atoms with Crippen LogP contribution in [-0.2, 0) is 5.60 Å². The van der Waals surface area contributed by atoms with Gasteiger partial charge >= 0.3 is 0 Å². The molecule has 2 heteroatoms. The molecule has 1 aromatic carbocycles. The fraction of sp³-hybridized carbons (Fsp3) is 0.273. The molecule has 1 aromatic heterocycles. The number of aliphatic hydroxyl groups is 1. The number of aromatic amines is 1. The zero-order valence-corrected chi connectivity index (χ0v) is 7.76. The molecular weight excluding hydrogens is 162 g/mol. The maximum atomic E-state index is 9.75. The largest absolute Gasteiger partial charge is 0.384 e. The molecule has 0 atom stereocenters. The molecule has 1 radical (unpaired) electrons. The highest BCUT2D eigenvalue weighted by Gasteiger charge is 2.17. The third-order valence-corrected chi connectivity index (χ3v) is 2.13. The molecule has 2 aromatic rings. The predicted octanol–water partition coefficient (Wildman–Crippen LogP) is 2.20. The predicted molar refractivity (Wildman–Crippen MR) is 52.4 cm³/mol. The third-order valence-electron chi connectivity index (χ3n) is 2.13. The van der Waals surface area contributed by atoms with Crippen molar-refractivity contribution in [2.75, 3.05) is 0 Å². The van der Waals surface area contributed by atoms with Gasteiger partial charge in [0, 0.05) is 11.2 Å². The fourth-order valence-corrected chi connectivity index (χ4v) is 1.34. The van der Waals surface area contributed by atoms with Gasteiger partial charge in [-0.3, -0.25) is 0 Å². The molecule has 0 spiro atoms. The summed E-state index contributed by atoms with van der Waals surface area (Å²) in [5.41, 5.74) is 1.04. The fourth-order valence-electron chi connectivity index (χ4n) is 1.34. The average molecular weight is 174 g/mol. The van der Waals surface area contributed by atoms with Crippen LogP contribution in [0.4, 0.5) is 0 Å². The number of rotatable bonds is 1. The second-order valence-corrected chi connectivity index (χ2v) is 3.76. The van der Waals surface area contributed by atoms with E-state index >= 15 is 0 Å². The smallest absolute Gasteiger partial charge is 0.0987 e. The molecule has 0 aliphatic carbocycles. The number of hydrogen-bond acceptors (Lipinski definition) is 1.